The van der Waals surface area contributed by atoms with Crippen LogP contribution in [0, 0.1) is 0 Å². The summed E-state index contributed by atoms with van der Waals surface area (Å²) in [5.41, 5.74) is 8.11. The van der Waals surface area contributed by atoms with Gasteiger partial charge in [0.2, 0.25) is 0 Å². The van der Waals surface area contributed by atoms with Crippen LogP contribution in [0.2, 0.25) is 5.02 Å². The maximum atomic E-state index is 6.70. The molecule has 1 aliphatic heterocycles. The molecule has 0 spiro atoms. The van der Waals surface area contributed by atoms with Gasteiger partial charge in [0.1, 0.15) is 0 Å². The van der Waals surface area contributed by atoms with E-state index in [0.717, 1.165) is 37.7 Å². The Morgan fingerprint density at radius 3 is 2.62 bits per heavy atom. The molecule has 3 nitrogen and oxygen atoms in total. The highest BCUT2D eigenvalue weighted by Crippen LogP contribution is 2.39. The van der Waals surface area contributed by atoms with Gasteiger partial charge in [-0.1, -0.05) is 36.6 Å². The third-order valence-electron chi connectivity index (χ3n) is 5.15. The summed E-state index contributed by atoms with van der Waals surface area (Å²) in [5, 5.41) is 0.798. The average Bonchev–Trinajstić information content (AvgIpc) is 2.99. The SMILES string of the molecule is NC(Cc1cccc(Cl)c1)C1(N2CCOCC2)CCCC1. The predicted molar refractivity (Wildman–Crippen MR) is 86.7 cm³/mol. The van der Waals surface area contributed by atoms with Crippen LogP contribution in [0.4, 0.5) is 0 Å². The van der Waals surface area contributed by atoms with Crippen molar-refractivity contribution < 1.29 is 4.74 Å². The lowest BCUT2D eigenvalue weighted by Crippen LogP contribution is -2.61. The highest BCUT2D eigenvalue weighted by atomic mass is 35.5. The second-order valence-electron chi connectivity index (χ2n) is 6.35. The number of morpholine rings is 1. The molecule has 1 saturated carbocycles. The monoisotopic (exact) mass is 308 g/mol. The first-order valence-corrected chi connectivity index (χ1v) is 8.41. The first-order valence-electron chi connectivity index (χ1n) is 8.03. The molecule has 1 heterocycles. The van der Waals surface area contributed by atoms with Crippen LogP contribution in [0.1, 0.15) is 31.2 Å². The Balaban J connectivity index is 1.76. The molecule has 1 saturated heterocycles. The Bertz CT molecular complexity index is 468. The number of rotatable bonds is 4. The highest BCUT2D eigenvalue weighted by Gasteiger charge is 2.44. The van der Waals surface area contributed by atoms with E-state index in [0.29, 0.717) is 0 Å². The lowest BCUT2D eigenvalue weighted by Gasteiger charge is -2.47. The summed E-state index contributed by atoms with van der Waals surface area (Å²) in [6.07, 6.45) is 5.92. The fourth-order valence-corrected chi connectivity index (χ4v) is 4.24. The molecule has 2 aliphatic rings. The standard InChI is InChI=1S/C17H25ClN2O/c18-15-5-3-4-14(12-15)13-16(19)17(6-1-2-7-17)20-8-10-21-11-9-20/h3-5,12,16H,1-2,6-11,13,19H2. The minimum Gasteiger partial charge on any atom is -0.379 e. The number of benzene rings is 1. The summed E-state index contributed by atoms with van der Waals surface area (Å²) >= 11 is 6.10. The van der Waals surface area contributed by atoms with Crippen LogP contribution in [0.3, 0.4) is 0 Å². The molecule has 116 valence electrons. The van der Waals surface area contributed by atoms with Crippen molar-refractivity contribution in [3.05, 3.63) is 34.9 Å². The molecule has 0 aromatic heterocycles. The van der Waals surface area contributed by atoms with Gasteiger partial charge in [-0.3, -0.25) is 4.90 Å². The van der Waals surface area contributed by atoms with Crippen LogP contribution in [0.5, 0.6) is 0 Å². The zero-order chi connectivity index (χ0) is 14.7. The van der Waals surface area contributed by atoms with Crippen molar-refractivity contribution in [3.8, 4) is 0 Å². The Hall–Kier alpha value is -0.610. The Morgan fingerprint density at radius 1 is 1.24 bits per heavy atom. The molecule has 2 N–H and O–H groups in total. The maximum absolute atomic E-state index is 6.70. The van der Waals surface area contributed by atoms with Crippen molar-refractivity contribution in [1.82, 2.24) is 4.90 Å². The van der Waals surface area contributed by atoms with Gasteiger partial charge in [0, 0.05) is 29.7 Å². The van der Waals surface area contributed by atoms with Crippen molar-refractivity contribution in [1.29, 1.82) is 0 Å². The van der Waals surface area contributed by atoms with Crippen molar-refractivity contribution in [3.63, 3.8) is 0 Å². The number of hydrogen-bond acceptors (Lipinski definition) is 3. The molecule has 0 bridgehead atoms. The maximum Gasteiger partial charge on any atom is 0.0594 e. The largest absolute Gasteiger partial charge is 0.379 e. The fourth-order valence-electron chi connectivity index (χ4n) is 4.03. The van der Waals surface area contributed by atoms with E-state index in [-0.39, 0.29) is 11.6 Å². The molecule has 0 amide bonds. The summed E-state index contributed by atoms with van der Waals surface area (Å²) in [6, 6.07) is 8.28. The zero-order valence-corrected chi connectivity index (χ0v) is 13.3. The number of hydrogen-bond donors (Lipinski definition) is 1. The topological polar surface area (TPSA) is 38.5 Å². The molecule has 21 heavy (non-hydrogen) atoms. The minimum atomic E-state index is 0.159. The molecular weight excluding hydrogens is 284 g/mol. The predicted octanol–water partition coefficient (Wildman–Crippen LogP) is 2.85. The first-order chi connectivity index (χ1) is 10.2. The van der Waals surface area contributed by atoms with Crippen molar-refractivity contribution >= 4 is 11.6 Å². The van der Waals surface area contributed by atoms with E-state index >= 15 is 0 Å². The molecule has 2 fully saturated rings. The van der Waals surface area contributed by atoms with E-state index < -0.39 is 0 Å². The van der Waals surface area contributed by atoms with Crippen LogP contribution in [-0.2, 0) is 11.2 Å². The van der Waals surface area contributed by atoms with E-state index in [9.17, 15) is 0 Å². The average molecular weight is 309 g/mol. The summed E-state index contributed by atoms with van der Waals surface area (Å²) < 4.78 is 5.52. The van der Waals surface area contributed by atoms with Crippen molar-refractivity contribution in [2.45, 2.75) is 43.7 Å². The Morgan fingerprint density at radius 2 is 1.95 bits per heavy atom. The molecular formula is C17H25ClN2O. The van der Waals surface area contributed by atoms with Gasteiger partial charge >= 0.3 is 0 Å². The third-order valence-corrected chi connectivity index (χ3v) is 5.38. The van der Waals surface area contributed by atoms with Gasteiger partial charge in [0.25, 0.3) is 0 Å². The fraction of sp³-hybridized carbons (Fsp3) is 0.647. The summed E-state index contributed by atoms with van der Waals surface area (Å²) in [6.45, 7) is 3.71. The van der Waals surface area contributed by atoms with Gasteiger partial charge in [-0.05, 0) is 37.0 Å². The molecule has 0 radical (unpaired) electrons. The lowest BCUT2D eigenvalue weighted by molar-refractivity contribution is -0.0305. The number of ether oxygens (including phenoxy) is 1. The van der Waals surface area contributed by atoms with E-state index in [2.05, 4.69) is 11.0 Å². The van der Waals surface area contributed by atoms with E-state index in [1.54, 1.807) is 0 Å². The van der Waals surface area contributed by atoms with Gasteiger partial charge in [-0.15, -0.1) is 0 Å². The van der Waals surface area contributed by atoms with Crippen LogP contribution in [0.25, 0.3) is 0 Å². The van der Waals surface area contributed by atoms with E-state index in [1.165, 1.54) is 31.2 Å². The van der Waals surface area contributed by atoms with E-state index in [1.807, 2.05) is 18.2 Å². The first kappa shape index (κ1) is 15.3. The van der Waals surface area contributed by atoms with Gasteiger partial charge in [0.05, 0.1) is 13.2 Å². The number of nitrogens with two attached hydrogens (primary N) is 1. The third kappa shape index (κ3) is 3.26. The number of halogens is 1. The minimum absolute atomic E-state index is 0.159. The Kier molecular flexibility index (Phi) is 4.85. The smallest absolute Gasteiger partial charge is 0.0594 e. The van der Waals surface area contributed by atoms with Crippen molar-refractivity contribution in [2.24, 2.45) is 5.73 Å². The lowest BCUT2D eigenvalue weighted by atomic mass is 9.82. The molecule has 1 aliphatic carbocycles. The molecule has 3 rings (SSSR count). The van der Waals surface area contributed by atoms with Gasteiger partial charge in [-0.2, -0.15) is 0 Å². The second kappa shape index (κ2) is 6.66. The van der Waals surface area contributed by atoms with Crippen molar-refractivity contribution in [2.75, 3.05) is 26.3 Å². The van der Waals surface area contributed by atoms with Gasteiger partial charge < -0.3 is 10.5 Å². The van der Waals surface area contributed by atoms with Gasteiger partial charge in [0.15, 0.2) is 0 Å². The molecule has 4 heteroatoms. The molecule has 1 aromatic carbocycles. The summed E-state index contributed by atoms with van der Waals surface area (Å²) in [4.78, 5) is 2.60. The summed E-state index contributed by atoms with van der Waals surface area (Å²) in [5.74, 6) is 0. The number of nitrogens with zero attached hydrogens (tertiary/aromatic N) is 1. The van der Waals surface area contributed by atoms with E-state index in [4.69, 9.17) is 22.1 Å². The van der Waals surface area contributed by atoms with Crippen LogP contribution < -0.4 is 5.73 Å². The summed E-state index contributed by atoms with van der Waals surface area (Å²) in [7, 11) is 0. The normalized spacial score (nSPS) is 24.1. The molecule has 1 unspecified atom stereocenters. The zero-order valence-electron chi connectivity index (χ0n) is 12.6. The second-order valence-corrected chi connectivity index (χ2v) is 6.79. The van der Waals surface area contributed by atoms with Gasteiger partial charge in [-0.25, -0.2) is 0 Å². The quantitative estimate of drug-likeness (QED) is 0.929. The van der Waals surface area contributed by atoms with Crippen LogP contribution in [-0.4, -0.2) is 42.8 Å². The Labute approximate surface area is 132 Å². The molecule has 1 aromatic rings. The van der Waals surface area contributed by atoms with Crippen LogP contribution >= 0.6 is 11.6 Å². The molecule has 1 atom stereocenters. The van der Waals surface area contributed by atoms with Crippen LogP contribution in [0.15, 0.2) is 24.3 Å². The highest BCUT2D eigenvalue weighted by molar-refractivity contribution is 6.30.